The smallest absolute Gasteiger partial charge is 0.180 e. The molecule has 1 aromatic carbocycles. The minimum absolute atomic E-state index is 0.103. The van der Waals surface area contributed by atoms with Gasteiger partial charge in [-0.15, -0.1) is 5.06 Å². The van der Waals surface area contributed by atoms with Crippen LogP contribution in [0.2, 0.25) is 0 Å². The maximum Gasteiger partial charge on any atom is 0.180 e. The molecular weight excluding hydrogens is 240 g/mol. The molecule has 0 spiro atoms. The van der Waals surface area contributed by atoms with Crippen molar-refractivity contribution < 1.29 is 9.94 Å². The standard InChI is InChI=1S/C15H22N2O2/c1-16(2)12-5-3-11(4-6-12)15-17(19-15)13-7-9-14(18)10-8-13/h3-6,13-15,18H,7-10H2,1-2H3/t13?,14?,15-,17?/m0/s1. The minimum atomic E-state index is -0.103. The molecule has 0 bridgehead atoms. The average Bonchev–Trinajstić information content (AvgIpc) is 3.20. The van der Waals surface area contributed by atoms with Crippen molar-refractivity contribution in [3.63, 3.8) is 0 Å². The van der Waals surface area contributed by atoms with Gasteiger partial charge in [-0.3, -0.25) is 4.84 Å². The molecule has 104 valence electrons. The van der Waals surface area contributed by atoms with Crippen molar-refractivity contribution in [2.24, 2.45) is 0 Å². The van der Waals surface area contributed by atoms with Crippen LogP contribution in [0.3, 0.4) is 0 Å². The summed E-state index contributed by atoms with van der Waals surface area (Å²) in [5.41, 5.74) is 2.42. The number of hydrogen-bond donors (Lipinski definition) is 1. The number of aliphatic hydroxyl groups is 1. The van der Waals surface area contributed by atoms with Crippen LogP contribution in [0.5, 0.6) is 0 Å². The van der Waals surface area contributed by atoms with Crippen LogP contribution in [-0.4, -0.2) is 36.4 Å². The van der Waals surface area contributed by atoms with E-state index in [1.54, 1.807) is 0 Å². The van der Waals surface area contributed by atoms with Crippen molar-refractivity contribution >= 4 is 5.69 Å². The third-order valence-electron chi connectivity index (χ3n) is 4.13. The molecule has 2 atom stereocenters. The first-order chi connectivity index (χ1) is 9.15. The molecule has 1 aliphatic heterocycles. The number of hydrogen-bond acceptors (Lipinski definition) is 4. The van der Waals surface area contributed by atoms with Crippen LogP contribution in [0.1, 0.15) is 37.5 Å². The Balaban J connectivity index is 1.60. The molecule has 1 unspecified atom stereocenters. The zero-order valence-corrected chi connectivity index (χ0v) is 11.6. The summed E-state index contributed by atoms with van der Waals surface area (Å²) in [6.45, 7) is 0. The summed E-state index contributed by atoms with van der Waals surface area (Å²) in [4.78, 5) is 7.81. The first kappa shape index (κ1) is 12.9. The maximum absolute atomic E-state index is 9.53. The largest absolute Gasteiger partial charge is 0.393 e. The molecule has 0 amide bonds. The normalized spacial score (nSPS) is 34.1. The molecule has 0 aromatic heterocycles. The van der Waals surface area contributed by atoms with Gasteiger partial charge in [0.2, 0.25) is 0 Å². The molecule has 1 N–H and O–H groups in total. The third kappa shape index (κ3) is 2.76. The van der Waals surface area contributed by atoms with E-state index in [2.05, 4.69) is 34.2 Å². The van der Waals surface area contributed by atoms with Crippen molar-refractivity contribution in [2.75, 3.05) is 19.0 Å². The van der Waals surface area contributed by atoms with Gasteiger partial charge in [0.15, 0.2) is 6.23 Å². The highest BCUT2D eigenvalue weighted by Gasteiger charge is 2.44. The summed E-state index contributed by atoms with van der Waals surface area (Å²) < 4.78 is 0. The summed E-state index contributed by atoms with van der Waals surface area (Å²) >= 11 is 0. The maximum atomic E-state index is 9.53. The second-order valence-corrected chi connectivity index (χ2v) is 5.77. The second kappa shape index (κ2) is 5.12. The summed E-state index contributed by atoms with van der Waals surface area (Å²) in [6.07, 6.45) is 3.89. The van der Waals surface area contributed by atoms with E-state index in [0.717, 1.165) is 25.7 Å². The molecule has 1 saturated heterocycles. The van der Waals surface area contributed by atoms with Crippen molar-refractivity contribution in [1.82, 2.24) is 5.06 Å². The SMILES string of the molecule is CN(C)c1ccc([C@@H]2ON2C2CCC(O)CC2)cc1. The lowest BCUT2D eigenvalue weighted by Gasteiger charge is -2.24. The van der Waals surface area contributed by atoms with Crippen molar-refractivity contribution in [3.8, 4) is 0 Å². The number of aliphatic hydroxyl groups excluding tert-OH is 1. The molecule has 1 aromatic rings. The van der Waals surface area contributed by atoms with E-state index in [4.69, 9.17) is 4.84 Å². The molecule has 1 heterocycles. The first-order valence-electron chi connectivity index (χ1n) is 7.05. The fourth-order valence-corrected chi connectivity index (χ4v) is 2.82. The zero-order valence-electron chi connectivity index (χ0n) is 11.6. The number of rotatable bonds is 3. The quantitative estimate of drug-likeness (QED) is 0.848. The van der Waals surface area contributed by atoms with Crippen LogP contribution in [0.4, 0.5) is 5.69 Å². The van der Waals surface area contributed by atoms with Crippen LogP contribution in [-0.2, 0) is 4.84 Å². The van der Waals surface area contributed by atoms with Crippen molar-refractivity contribution in [3.05, 3.63) is 29.8 Å². The Hall–Kier alpha value is -1.10. The summed E-state index contributed by atoms with van der Waals surface area (Å²) in [5.74, 6) is 0. The van der Waals surface area contributed by atoms with Gasteiger partial charge >= 0.3 is 0 Å². The van der Waals surface area contributed by atoms with Gasteiger partial charge in [-0.1, -0.05) is 12.1 Å². The molecule has 19 heavy (non-hydrogen) atoms. The lowest BCUT2D eigenvalue weighted by molar-refractivity contribution is 0.0625. The van der Waals surface area contributed by atoms with E-state index in [1.165, 1.54) is 11.3 Å². The fourth-order valence-electron chi connectivity index (χ4n) is 2.82. The average molecular weight is 262 g/mol. The van der Waals surface area contributed by atoms with Gasteiger partial charge in [0.25, 0.3) is 0 Å². The topological polar surface area (TPSA) is 39.0 Å². The lowest BCUT2D eigenvalue weighted by Crippen LogP contribution is -2.27. The second-order valence-electron chi connectivity index (χ2n) is 5.77. The molecule has 2 aliphatic rings. The van der Waals surface area contributed by atoms with E-state index in [9.17, 15) is 5.11 Å². The van der Waals surface area contributed by atoms with Crippen LogP contribution in [0.25, 0.3) is 0 Å². The van der Waals surface area contributed by atoms with E-state index in [0.29, 0.717) is 6.04 Å². The third-order valence-corrected chi connectivity index (χ3v) is 4.13. The van der Waals surface area contributed by atoms with Gasteiger partial charge in [-0.25, -0.2) is 0 Å². The zero-order chi connectivity index (χ0) is 13.4. The van der Waals surface area contributed by atoms with E-state index in [-0.39, 0.29) is 12.3 Å². The monoisotopic (exact) mass is 262 g/mol. The Bertz CT molecular complexity index is 424. The molecule has 3 rings (SSSR count). The van der Waals surface area contributed by atoms with Gasteiger partial charge in [-0.2, -0.15) is 0 Å². The number of nitrogens with zero attached hydrogens (tertiary/aromatic N) is 2. The van der Waals surface area contributed by atoms with Crippen LogP contribution < -0.4 is 4.90 Å². The number of benzene rings is 1. The predicted octanol–water partition coefficient (Wildman–Crippen LogP) is 2.30. The van der Waals surface area contributed by atoms with Crippen LogP contribution in [0, 0.1) is 0 Å². The minimum Gasteiger partial charge on any atom is -0.393 e. The van der Waals surface area contributed by atoms with E-state index in [1.807, 2.05) is 14.1 Å². The Labute approximate surface area is 114 Å². The summed E-state index contributed by atoms with van der Waals surface area (Å²) in [7, 11) is 4.09. The van der Waals surface area contributed by atoms with Gasteiger partial charge in [-0.05, 0) is 43.4 Å². The van der Waals surface area contributed by atoms with Gasteiger partial charge in [0.1, 0.15) is 0 Å². The Morgan fingerprint density at radius 3 is 2.32 bits per heavy atom. The Morgan fingerprint density at radius 1 is 1.11 bits per heavy atom. The summed E-state index contributed by atoms with van der Waals surface area (Å²) in [5, 5.41) is 11.6. The van der Waals surface area contributed by atoms with E-state index >= 15 is 0 Å². The predicted molar refractivity (Wildman–Crippen MR) is 74.7 cm³/mol. The highest BCUT2D eigenvalue weighted by Crippen LogP contribution is 2.43. The van der Waals surface area contributed by atoms with Gasteiger partial charge in [0.05, 0.1) is 6.10 Å². The molecule has 1 aliphatic carbocycles. The highest BCUT2D eigenvalue weighted by molar-refractivity contribution is 5.46. The molecule has 2 fully saturated rings. The van der Waals surface area contributed by atoms with Crippen molar-refractivity contribution in [1.29, 1.82) is 0 Å². The van der Waals surface area contributed by atoms with Crippen molar-refractivity contribution in [2.45, 2.75) is 44.1 Å². The molecular formula is C15H22N2O2. The highest BCUT2D eigenvalue weighted by atomic mass is 16.8. The molecule has 0 radical (unpaired) electrons. The lowest BCUT2D eigenvalue weighted by atomic mass is 9.93. The summed E-state index contributed by atoms with van der Waals surface area (Å²) in [6, 6.07) is 9.00. The number of anilines is 1. The van der Waals surface area contributed by atoms with Gasteiger partial charge in [0, 0.05) is 25.8 Å². The van der Waals surface area contributed by atoms with Crippen LogP contribution in [0.15, 0.2) is 24.3 Å². The molecule has 1 saturated carbocycles. The fraction of sp³-hybridized carbons (Fsp3) is 0.600. The number of hydroxylamine groups is 2. The first-order valence-corrected chi connectivity index (χ1v) is 7.05. The Kier molecular flexibility index (Phi) is 3.48. The van der Waals surface area contributed by atoms with E-state index < -0.39 is 0 Å². The molecule has 4 nitrogen and oxygen atoms in total. The van der Waals surface area contributed by atoms with Crippen LogP contribution >= 0.6 is 0 Å². The molecule has 4 heteroatoms. The Morgan fingerprint density at radius 2 is 1.74 bits per heavy atom. The van der Waals surface area contributed by atoms with Gasteiger partial charge < -0.3 is 10.0 Å².